The standard InChI is InChI=1S/C14H19BrO4/c1-9-5-11(15)6-10(7-16)12(9)19-8-14(2,3)13(17)18-4/h5-6,16H,7-8H2,1-4H3. The fraction of sp³-hybridized carbons (Fsp3) is 0.500. The van der Waals surface area contributed by atoms with E-state index in [0.717, 1.165) is 10.0 Å². The second-order valence-electron chi connectivity index (χ2n) is 5.03. The highest BCUT2D eigenvalue weighted by Gasteiger charge is 2.30. The van der Waals surface area contributed by atoms with Crippen LogP contribution in [0, 0.1) is 12.3 Å². The smallest absolute Gasteiger partial charge is 0.314 e. The van der Waals surface area contributed by atoms with Gasteiger partial charge < -0.3 is 14.6 Å². The van der Waals surface area contributed by atoms with Crippen LogP contribution in [0.15, 0.2) is 16.6 Å². The first kappa shape index (κ1) is 16.0. The van der Waals surface area contributed by atoms with Crippen molar-refractivity contribution in [2.24, 2.45) is 5.41 Å². The fourth-order valence-electron chi connectivity index (χ4n) is 1.71. The SMILES string of the molecule is COC(=O)C(C)(C)COc1c(C)cc(Br)cc1CO. The molecule has 0 amide bonds. The number of esters is 1. The minimum absolute atomic E-state index is 0.117. The largest absolute Gasteiger partial charge is 0.492 e. The van der Waals surface area contributed by atoms with Crippen molar-refractivity contribution >= 4 is 21.9 Å². The van der Waals surface area contributed by atoms with Crippen LogP contribution >= 0.6 is 15.9 Å². The number of methoxy groups -OCH3 is 1. The van der Waals surface area contributed by atoms with E-state index in [2.05, 4.69) is 15.9 Å². The third kappa shape index (κ3) is 3.94. The zero-order valence-corrected chi connectivity index (χ0v) is 13.2. The summed E-state index contributed by atoms with van der Waals surface area (Å²) in [5.41, 5.74) is 0.854. The molecular formula is C14H19BrO4. The van der Waals surface area contributed by atoms with Crippen LogP contribution in [0.1, 0.15) is 25.0 Å². The molecule has 0 heterocycles. The van der Waals surface area contributed by atoms with Crippen molar-refractivity contribution in [2.75, 3.05) is 13.7 Å². The second kappa shape index (κ2) is 6.39. The molecule has 0 aromatic heterocycles. The average molecular weight is 331 g/mol. The number of rotatable bonds is 5. The lowest BCUT2D eigenvalue weighted by molar-refractivity contribution is -0.152. The molecule has 0 bridgehead atoms. The molecule has 106 valence electrons. The summed E-state index contributed by atoms with van der Waals surface area (Å²) in [6, 6.07) is 3.70. The van der Waals surface area contributed by atoms with E-state index in [4.69, 9.17) is 9.47 Å². The van der Waals surface area contributed by atoms with Crippen LogP contribution in [0.4, 0.5) is 0 Å². The molecule has 1 aromatic rings. The van der Waals surface area contributed by atoms with Crippen molar-refractivity contribution in [3.8, 4) is 5.75 Å². The van der Waals surface area contributed by atoms with Gasteiger partial charge in [-0.05, 0) is 38.5 Å². The molecule has 19 heavy (non-hydrogen) atoms. The maximum atomic E-state index is 11.6. The number of carbonyl (C=O) groups excluding carboxylic acids is 1. The van der Waals surface area contributed by atoms with Gasteiger partial charge in [0.25, 0.3) is 0 Å². The number of ether oxygens (including phenoxy) is 2. The molecule has 0 spiro atoms. The number of aryl methyl sites for hydroxylation is 1. The number of halogens is 1. The minimum Gasteiger partial charge on any atom is -0.492 e. The van der Waals surface area contributed by atoms with Crippen molar-refractivity contribution in [3.63, 3.8) is 0 Å². The van der Waals surface area contributed by atoms with Crippen molar-refractivity contribution in [1.82, 2.24) is 0 Å². The normalized spacial score (nSPS) is 11.3. The van der Waals surface area contributed by atoms with Gasteiger partial charge in [-0.15, -0.1) is 0 Å². The highest BCUT2D eigenvalue weighted by atomic mass is 79.9. The Kier molecular flexibility index (Phi) is 5.38. The zero-order valence-electron chi connectivity index (χ0n) is 11.6. The van der Waals surface area contributed by atoms with Gasteiger partial charge in [0.2, 0.25) is 0 Å². The number of hydrogen-bond donors (Lipinski definition) is 1. The van der Waals surface area contributed by atoms with Crippen molar-refractivity contribution in [1.29, 1.82) is 0 Å². The van der Waals surface area contributed by atoms with Crippen molar-refractivity contribution in [2.45, 2.75) is 27.4 Å². The highest BCUT2D eigenvalue weighted by molar-refractivity contribution is 9.10. The Labute approximate surface area is 121 Å². The summed E-state index contributed by atoms with van der Waals surface area (Å²) < 4.78 is 11.3. The van der Waals surface area contributed by atoms with E-state index < -0.39 is 5.41 Å². The van der Waals surface area contributed by atoms with E-state index >= 15 is 0 Å². The third-order valence-corrected chi connectivity index (χ3v) is 3.26. The number of benzene rings is 1. The number of aliphatic hydroxyl groups excluding tert-OH is 1. The predicted octanol–water partition coefficient (Wildman–Crippen LogP) is 2.83. The quantitative estimate of drug-likeness (QED) is 0.843. The van der Waals surface area contributed by atoms with Gasteiger partial charge in [-0.25, -0.2) is 0 Å². The summed E-state index contributed by atoms with van der Waals surface area (Å²) in [4.78, 5) is 11.6. The molecule has 1 N–H and O–H groups in total. The Morgan fingerprint density at radius 2 is 2.05 bits per heavy atom. The van der Waals surface area contributed by atoms with Crippen LogP contribution in [0.5, 0.6) is 5.75 Å². The lowest BCUT2D eigenvalue weighted by atomic mass is 9.95. The lowest BCUT2D eigenvalue weighted by Gasteiger charge is -2.23. The Morgan fingerprint density at radius 3 is 2.58 bits per heavy atom. The first-order valence-electron chi connectivity index (χ1n) is 5.93. The molecule has 0 saturated carbocycles. The van der Waals surface area contributed by atoms with Crippen molar-refractivity contribution < 1.29 is 19.4 Å². The second-order valence-corrected chi connectivity index (χ2v) is 5.95. The summed E-state index contributed by atoms with van der Waals surface area (Å²) in [5.74, 6) is 0.287. The molecule has 0 radical (unpaired) electrons. The van der Waals surface area contributed by atoms with E-state index in [9.17, 15) is 9.90 Å². The molecule has 1 aromatic carbocycles. The molecular weight excluding hydrogens is 312 g/mol. The molecule has 0 saturated heterocycles. The summed E-state index contributed by atoms with van der Waals surface area (Å²) in [6.07, 6.45) is 0. The first-order valence-corrected chi connectivity index (χ1v) is 6.72. The van der Waals surface area contributed by atoms with Crippen LogP contribution in [-0.2, 0) is 16.1 Å². The molecule has 0 aliphatic carbocycles. The van der Waals surface area contributed by atoms with Gasteiger partial charge in [0.1, 0.15) is 12.4 Å². The van der Waals surface area contributed by atoms with E-state index in [1.165, 1.54) is 7.11 Å². The molecule has 0 aliphatic heterocycles. The number of aliphatic hydroxyl groups is 1. The Morgan fingerprint density at radius 1 is 1.42 bits per heavy atom. The monoisotopic (exact) mass is 330 g/mol. The molecule has 0 aliphatic rings. The minimum atomic E-state index is -0.735. The average Bonchev–Trinajstić information content (AvgIpc) is 2.35. The predicted molar refractivity (Wildman–Crippen MR) is 76.1 cm³/mol. The van der Waals surface area contributed by atoms with Crippen LogP contribution in [0.3, 0.4) is 0 Å². The van der Waals surface area contributed by atoms with Crippen LogP contribution in [-0.4, -0.2) is 24.8 Å². The Hall–Kier alpha value is -1.07. The van der Waals surface area contributed by atoms with Crippen LogP contribution < -0.4 is 4.74 Å². The molecule has 5 heteroatoms. The van der Waals surface area contributed by atoms with E-state index in [-0.39, 0.29) is 19.2 Å². The summed E-state index contributed by atoms with van der Waals surface area (Å²) in [7, 11) is 1.36. The summed E-state index contributed by atoms with van der Waals surface area (Å²) >= 11 is 3.37. The molecule has 0 atom stereocenters. The maximum Gasteiger partial charge on any atom is 0.314 e. The van der Waals surface area contributed by atoms with Gasteiger partial charge in [0, 0.05) is 10.0 Å². The van der Waals surface area contributed by atoms with Gasteiger partial charge >= 0.3 is 5.97 Å². The van der Waals surface area contributed by atoms with E-state index in [1.54, 1.807) is 19.9 Å². The fourth-order valence-corrected chi connectivity index (χ4v) is 2.33. The Bertz CT molecular complexity index is 469. The zero-order chi connectivity index (χ0) is 14.6. The van der Waals surface area contributed by atoms with E-state index in [1.807, 2.05) is 13.0 Å². The van der Waals surface area contributed by atoms with Gasteiger partial charge in [-0.1, -0.05) is 15.9 Å². The highest BCUT2D eigenvalue weighted by Crippen LogP contribution is 2.30. The molecule has 4 nitrogen and oxygen atoms in total. The molecule has 1 rings (SSSR count). The van der Waals surface area contributed by atoms with Gasteiger partial charge in [0.15, 0.2) is 0 Å². The van der Waals surface area contributed by atoms with E-state index in [0.29, 0.717) is 11.3 Å². The third-order valence-electron chi connectivity index (χ3n) is 2.80. The lowest BCUT2D eigenvalue weighted by Crippen LogP contribution is -2.32. The Balaban J connectivity index is 2.92. The first-order chi connectivity index (χ1) is 8.81. The summed E-state index contributed by atoms with van der Waals surface area (Å²) in [6.45, 7) is 5.48. The van der Waals surface area contributed by atoms with Crippen molar-refractivity contribution in [3.05, 3.63) is 27.7 Å². The van der Waals surface area contributed by atoms with Gasteiger partial charge in [-0.3, -0.25) is 4.79 Å². The number of carbonyl (C=O) groups is 1. The maximum absolute atomic E-state index is 11.6. The van der Waals surface area contributed by atoms with Crippen LogP contribution in [0.2, 0.25) is 0 Å². The van der Waals surface area contributed by atoms with Crippen LogP contribution in [0.25, 0.3) is 0 Å². The van der Waals surface area contributed by atoms with Gasteiger partial charge in [-0.2, -0.15) is 0 Å². The topological polar surface area (TPSA) is 55.8 Å². The molecule has 0 fully saturated rings. The van der Waals surface area contributed by atoms with Gasteiger partial charge in [0.05, 0.1) is 19.1 Å². The summed E-state index contributed by atoms with van der Waals surface area (Å²) in [5, 5.41) is 9.36. The molecule has 0 unspecified atom stereocenters. The number of hydrogen-bond acceptors (Lipinski definition) is 4.